The highest BCUT2D eigenvalue weighted by molar-refractivity contribution is 5.90. The van der Waals surface area contributed by atoms with Crippen LogP contribution in [0.15, 0.2) is 18.5 Å². The van der Waals surface area contributed by atoms with Crippen LogP contribution in [0, 0.1) is 0 Å². The molecule has 0 aromatic carbocycles. The fourth-order valence-corrected chi connectivity index (χ4v) is 3.24. The van der Waals surface area contributed by atoms with Crippen molar-refractivity contribution in [1.29, 1.82) is 0 Å². The molecule has 1 saturated carbocycles. The van der Waals surface area contributed by atoms with Gasteiger partial charge in [0.05, 0.1) is 12.1 Å². The van der Waals surface area contributed by atoms with Gasteiger partial charge < -0.3 is 10.4 Å². The number of hydrogen-bond acceptors (Lipinski definition) is 5. The Bertz CT molecular complexity index is 462. The first-order chi connectivity index (χ1) is 9.75. The van der Waals surface area contributed by atoms with E-state index in [1.807, 2.05) is 0 Å². The molecule has 2 N–H and O–H groups in total. The lowest BCUT2D eigenvalue weighted by atomic mass is 10.1. The second kappa shape index (κ2) is 5.85. The van der Waals surface area contributed by atoms with Gasteiger partial charge in [-0.2, -0.15) is 0 Å². The van der Waals surface area contributed by atoms with Crippen LogP contribution in [0.3, 0.4) is 0 Å². The van der Waals surface area contributed by atoms with Gasteiger partial charge in [0.15, 0.2) is 0 Å². The van der Waals surface area contributed by atoms with Crippen molar-refractivity contribution in [3.05, 3.63) is 24.3 Å². The first-order valence-corrected chi connectivity index (χ1v) is 7.26. The van der Waals surface area contributed by atoms with Crippen molar-refractivity contribution < 1.29 is 9.90 Å². The summed E-state index contributed by atoms with van der Waals surface area (Å²) in [6.45, 7) is 2.12. The van der Waals surface area contributed by atoms with E-state index in [1.54, 1.807) is 18.5 Å². The number of nitrogens with zero attached hydrogens (tertiary/aromatic N) is 3. The third kappa shape index (κ3) is 2.66. The molecule has 3 atom stereocenters. The average molecular weight is 276 g/mol. The molecule has 0 bridgehead atoms. The molecule has 0 spiro atoms. The van der Waals surface area contributed by atoms with Crippen LogP contribution in [-0.2, 0) is 0 Å². The number of rotatable bonds is 3. The van der Waals surface area contributed by atoms with Gasteiger partial charge in [-0.05, 0) is 44.8 Å². The van der Waals surface area contributed by atoms with E-state index in [2.05, 4.69) is 20.2 Å². The molecule has 1 aromatic heterocycles. The van der Waals surface area contributed by atoms with Crippen molar-refractivity contribution in [2.24, 2.45) is 0 Å². The zero-order valence-electron chi connectivity index (χ0n) is 11.4. The lowest BCUT2D eigenvalue weighted by Crippen LogP contribution is -2.48. The van der Waals surface area contributed by atoms with E-state index < -0.39 is 6.10 Å². The topological polar surface area (TPSA) is 78.4 Å². The molecule has 1 aromatic rings. The lowest BCUT2D eigenvalue weighted by molar-refractivity contribution is 0.0616. The molecular formula is C14H20N4O2. The van der Waals surface area contributed by atoms with Crippen LogP contribution < -0.4 is 5.32 Å². The van der Waals surface area contributed by atoms with Crippen LogP contribution in [0.2, 0.25) is 0 Å². The Morgan fingerprint density at radius 3 is 2.65 bits per heavy atom. The zero-order valence-corrected chi connectivity index (χ0v) is 11.4. The second-order valence-corrected chi connectivity index (χ2v) is 5.53. The van der Waals surface area contributed by atoms with Gasteiger partial charge in [-0.1, -0.05) is 0 Å². The molecule has 3 rings (SSSR count). The van der Waals surface area contributed by atoms with Crippen LogP contribution >= 0.6 is 0 Å². The van der Waals surface area contributed by atoms with E-state index in [9.17, 15) is 9.90 Å². The van der Waals surface area contributed by atoms with Gasteiger partial charge in [-0.25, -0.2) is 9.97 Å². The van der Waals surface area contributed by atoms with Gasteiger partial charge >= 0.3 is 0 Å². The van der Waals surface area contributed by atoms with Gasteiger partial charge in [0.25, 0.3) is 5.91 Å². The molecule has 2 fully saturated rings. The number of carbonyl (C=O) groups excluding carboxylic acids is 1. The highest BCUT2D eigenvalue weighted by atomic mass is 16.3. The Balaban J connectivity index is 1.60. The van der Waals surface area contributed by atoms with Crippen LogP contribution in [-0.4, -0.2) is 57.2 Å². The largest absolute Gasteiger partial charge is 0.389 e. The van der Waals surface area contributed by atoms with Crippen molar-refractivity contribution in [2.45, 2.75) is 43.9 Å². The second-order valence-electron chi connectivity index (χ2n) is 5.53. The fourth-order valence-electron chi connectivity index (χ4n) is 3.24. The van der Waals surface area contributed by atoms with E-state index >= 15 is 0 Å². The quantitative estimate of drug-likeness (QED) is 0.824. The molecule has 1 aliphatic carbocycles. The SMILES string of the molecule is O=C(N[C@@H]1CC[C@@H](N2CCCC2)[C@@H]1O)c1ncccn1. The highest BCUT2D eigenvalue weighted by Gasteiger charge is 2.39. The summed E-state index contributed by atoms with van der Waals surface area (Å²) in [6.07, 6.45) is 6.74. The Morgan fingerprint density at radius 2 is 1.95 bits per heavy atom. The molecule has 2 aliphatic rings. The van der Waals surface area contributed by atoms with Crippen LogP contribution in [0.4, 0.5) is 0 Å². The van der Waals surface area contributed by atoms with Gasteiger partial charge in [-0.3, -0.25) is 9.69 Å². The minimum absolute atomic E-state index is 0.157. The van der Waals surface area contributed by atoms with E-state index in [1.165, 1.54) is 12.8 Å². The van der Waals surface area contributed by atoms with Gasteiger partial charge in [-0.15, -0.1) is 0 Å². The minimum Gasteiger partial charge on any atom is -0.389 e. The highest BCUT2D eigenvalue weighted by Crippen LogP contribution is 2.27. The van der Waals surface area contributed by atoms with E-state index in [0.717, 1.165) is 25.9 Å². The zero-order chi connectivity index (χ0) is 13.9. The summed E-state index contributed by atoms with van der Waals surface area (Å²) >= 11 is 0. The number of nitrogens with one attached hydrogen (secondary N) is 1. The smallest absolute Gasteiger partial charge is 0.289 e. The van der Waals surface area contributed by atoms with E-state index in [-0.39, 0.29) is 23.8 Å². The maximum Gasteiger partial charge on any atom is 0.289 e. The van der Waals surface area contributed by atoms with Crippen molar-refractivity contribution in [3.8, 4) is 0 Å². The predicted octanol–water partition coefficient (Wildman–Crippen LogP) is 0.194. The number of carbonyl (C=O) groups is 1. The first-order valence-electron chi connectivity index (χ1n) is 7.26. The monoisotopic (exact) mass is 276 g/mol. The minimum atomic E-state index is -0.499. The predicted molar refractivity (Wildman–Crippen MR) is 73.1 cm³/mol. The van der Waals surface area contributed by atoms with Crippen molar-refractivity contribution in [2.75, 3.05) is 13.1 Å². The standard InChI is InChI=1S/C14H20N4O2/c19-12-10(4-5-11(12)18-8-1-2-9-18)17-14(20)13-15-6-3-7-16-13/h3,6-7,10-12,19H,1-2,4-5,8-9H2,(H,17,20)/t10-,11-,12-/m1/s1. The Kier molecular flexibility index (Phi) is 3.93. The third-order valence-electron chi connectivity index (χ3n) is 4.27. The summed E-state index contributed by atoms with van der Waals surface area (Å²) in [7, 11) is 0. The van der Waals surface area contributed by atoms with Crippen LogP contribution in [0.5, 0.6) is 0 Å². The van der Waals surface area contributed by atoms with Crippen molar-refractivity contribution in [1.82, 2.24) is 20.2 Å². The maximum absolute atomic E-state index is 12.0. The number of likely N-dealkylation sites (tertiary alicyclic amines) is 1. The van der Waals surface area contributed by atoms with Gasteiger partial charge in [0.2, 0.25) is 5.82 Å². The lowest BCUT2D eigenvalue weighted by Gasteiger charge is -2.28. The molecule has 2 heterocycles. The first kappa shape index (κ1) is 13.5. The number of aromatic nitrogens is 2. The van der Waals surface area contributed by atoms with Gasteiger partial charge in [0.1, 0.15) is 0 Å². The molecule has 0 radical (unpaired) electrons. The summed E-state index contributed by atoms with van der Waals surface area (Å²) in [4.78, 5) is 22.2. The van der Waals surface area contributed by atoms with Crippen LogP contribution in [0.25, 0.3) is 0 Å². The maximum atomic E-state index is 12.0. The summed E-state index contributed by atoms with van der Waals surface area (Å²) in [6, 6.07) is 1.65. The van der Waals surface area contributed by atoms with E-state index in [0.29, 0.717) is 0 Å². The number of hydrogen-bond donors (Lipinski definition) is 2. The summed E-state index contributed by atoms with van der Waals surface area (Å²) < 4.78 is 0. The Morgan fingerprint density at radius 1 is 1.25 bits per heavy atom. The average Bonchev–Trinajstić information content (AvgIpc) is 3.11. The van der Waals surface area contributed by atoms with Gasteiger partial charge in [0, 0.05) is 18.4 Å². The number of aliphatic hydroxyl groups excluding tert-OH is 1. The molecule has 1 saturated heterocycles. The van der Waals surface area contributed by atoms with Crippen molar-refractivity contribution in [3.63, 3.8) is 0 Å². The fraction of sp³-hybridized carbons (Fsp3) is 0.643. The third-order valence-corrected chi connectivity index (χ3v) is 4.27. The number of aliphatic hydroxyl groups is 1. The molecule has 1 aliphatic heterocycles. The Hall–Kier alpha value is -1.53. The number of amides is 1. The van der Waals surface area contributed by atoms with E-state index in [4.69, 9.17) is 0 Å². The van der Waals surface area contributed by atoms with Crippen molar-refractivity contribution >= 4 is 5.91 Å². The molecule has 6 heteroatoms. The molecule has 0 unspecified atom stereocenters. The molecule has 6 nitrogen and oxygen atoms in total. The summed E-state index contributed by atoms with van der Waals surface area (Å²) in [5, 5.41) is 13.3. The summed E-state index contributed by atoms with van der Waals surface area (Å²) in [5.41, 5.74) is 0. The normalized spacial score (nSPS) is 30.6. The molecular weight excluding hydrogens is 256 g/mol. The molecule has 1 amide bonds. The molecule has 20 heavy (non-hydrogen) atoms. The molecule has 108 valence electrons. The summed E-state index contributed by atoms with van der Waals surface area (Å²) in [5.74, 6) is -0.152. The van der Waals surface area contributed by atoms with Crippen LogP contribution in [0.1, 0.15) is 36.3 Å². The Labute approximate surface area is 118 Å².